The Balaban J connectivity index is 1.66. The molecule has 0 aliphatic carbocycles. The molecular formula is C20H15F3N2O6. The number of nitro benzene ring substituents is 1. The van der Waals surface area contributed by atoms with Crippen molar-refractivity contribution < 1.29 is 36.8 Å². The number of nitrogens with one attached hydrogen (secondary N) is 1. The Hall–Kier alpha value is -4.02. The smallest absolute Gasteiger partial charge is 0.291 e. The maximum Gasteiger partial charge on any atom is 0.291 e. The molecule has 0 unspecified atom stereocenters. The molecule has 0 bridgehead atoms. The van der Waals surface area contributed by atoms with Crippen molar-refractivity contribution in [2.24, 2.45) is 0 Å². The van der Waals surface area contributed by atoms with Crippen LogP contribution in [0.2, 0.25) is 0 Å². The summed E-state index contributed by atoms with van der Waals surface area (Å²) in [4.78, 5) is 22.7. The topological polar surface area (TPSA) is 104 Å². The van der Waals surface area contributed by atoms with Crippen molar-refractivity contribution in [2.45, 2.75) is 13.0 Å². The molecule has 1 heterocycles. The SMILES string of the molecule is O=C(Nc1cc(OCC(F)F)cc([N+](=O)[O-])c1)c1ccc(COc2ccc(F)cc2)o1. The fraction of sp³-hybridized carbons (Fsp3) is 0.150. The summed E-state index contributed by atoms with van der Waals surface area (Å²) in [6, 6.07) is 11.4. The molecule has 1 N–H and O–H groups in total. The van der Waals surface area contributed by atoms with Crippen LogP contribution in [-0.4, -0.2) is 23.9 Å². The molecule has 162 valence electrons. The van der Waals surface area contributed by atoms with E-state index in [4.69, 9.17) is 13.9 Å². The third kappa shape index (κ3) is 6.23. The highest BCUT2D eigenvalue weighted by molar-refractivity contribution is 6.02. The van der Waals surface area contributed by atoms with Gasteiger partial charge in [0, 0.05) is 12.1 Å². The second kappa shape index (κ2) is 9.65. The van der Waals surface area contributed by atoms with E-state index in [2.05, 4.69) is 5.32 Å². The Bertz CT molecular complexity index is 1070. The van der Waals surface area contributed by atoms with Gasteiger partial charge in [0.25, 0.3) is 18.0 Å². The fourth-order valence-electron chi connectivity index (χ4n) is 2.46. The molecule has 8 nitrogen and oxygen atoms in total. The number of carbonyl (C=O) groups is 1. The highest BCUT2D eigenvalue weighted by Crippen LogP contribution is 2.27. The second-order valence-corrected chi connectivity index (χ2v) is 6.14. The molecule has 0 saturated heterocycles. The molecule has 1 aromatic heterocycles. The van der Waals surface area contributed by atoms with Gasteiger partial charge in [-0.25, -0.2) is 13.2 Å². The van der Waals surface area contributed by atoms with Crippen molar-refractivity contribution in [2.75, 3.05) is 11.9 Å². The summed E-state index contributed by atoms with van der Waals surface area (Å²) >= 11 is 0. The molecule has 31 heavy (non-hydrogen) atoms. The number of non-ortho nitro benzene ring substituents is 1. The number of alkyl halides is 2. The summed E-state index contributed by atoms with van der Waals surface area (Å²) < 4.78 is 53.2. The third-order valence-corrected chi connectivity index (χ3v) is 3.82. The number of nitrogens with zero attached hydrogens (tertiary/aromatic N) is 1. The minimum absolute atomic E-state index is 0.0265. The average Bonchev–Trinajstić information content (AvgIpc) is 3.21. The number of furan rings is 1. The summed E-state index contributed by atoms with van der Waals surface area (Å²) in [5, 5.41) is 13.4. The minimum atomic E-state index is -2.77. The lowest BCUT2D eigenvalue weighted by atomic mass is 10.2. The number of benzene rings is 2. The first-order valence-corrected chi connectivity index (χ1v) is 8.79. The van der Waals surface area contributed by atoms with Gasteiger partial charge in [-0.2, -0.15) is 0 Å². The average molecular weight is 436 g/mol. The Morgan fingerprint density at radius 2 is 1.81 bits per heavy atom. The summed E-state index contributed by atoms with van der Waals surface area (Å²) in [6.45, 7) is -0.981. The van der Waals surface area contributed by atoms with Crippen LogP contribution in [0, 0.1) is 15.9 Å². The normalized spacial score (nSPS) is 10.7. The molecule has 0 aliphatic rings. The van der Waals surface area contributed by atoms with E-state index in [1.54, 1.807) is 0 Å². The summed E-state index contributed by atoms with van der Waals surface area (Å²) in [5.41, 5.74) is -0.487. The van der Waals surface area contributed by atoms with E-state index in [-0.39, 0.29) is 23.8 Å². The largest absolute Gasteiger partial charge is 0.487 e. The predicted octanol–water partition coefficient (Wildman–Crippen LogP) is 4.80. The van der Waals surface area contributed by atoms with Crippen molar-refractivity contribution in [1.82, 2.24) is 0 Å². The van der Waals surface area contributed by atoms with Crippen molar-refractivity contribution in [3.05, 3.63) is 82.0 Å². The van der Waals surface area contributed by atoms with E-state index in [9.17, 15) is 28.1 Å². The Kier molecular flexibility index (Phi) is 6.75. The number of hydrogen-bond acceptors (Lipinski definition) is 6. The van der Waals surface area contributed by atoms with Gasteiger partial charge in [0.2, 0.25) is 0 Å². The van der Waals surface area contributed by atoms with Crippen LogP contribution >= 0.6 is 0 Å². The quantitative estimate of drug-likeness (QED) is 0.382. The highest BCUT2D eigenvalue weighted by atomic mass is 19.3. The van der Waals surface area contributed by atoms with Crippen LogP contribution in [0.4, 0.5) is 24.5 Å². The first kappa shape index (κ1) is 21.7. The van der Waals surface area contributed by atoms with Gasteiger partial charge in [-0.05, 0) is 36.4 Å². The molecule has 1 amide bonds. The van der Waals surface area contributed by atoms with E-state index >= 15 is 0 Å². The highest BCUT2D eigenvalue weighted by Gasteiger charge is 2.16. The van der Waals surface area contributed by atoms with Crippen LogP contribution < -0.4 is 14.8 Å². The van der Waals surface area contributed by atoms with Crippen molar-refractivity contribution in [3.8, 4) is 11.5 Å². The van der Waals surface area contributed by atoms with Crippen LogP contribution in [0.3, 0.4) is 0 Å². The van der Waals surface area contributed by atoms with Crippen LogP contribution in [0.1, 0.15) is 16.3 Å². The van der Waals surface area contributed by atoms with Gasteiger partial charge in [0.1, 0.15) is 36.3 Å². The molecule has 11 heteroatoms. The zero-order chi connectivity index (χ0) is 22.4. The lowest BCUT2D eigenvalue weighted by Crippen LogP contribution is -2.12. The van der Waals surface area contributed by atoms with Crippen LogP contribution in [0.5, 0.6) is 11.5 Å². The molecule has 3 rings (SSSR count). The Labute approximate surface area is 173 Å². The van der Waals surface area contributed by atoms with E-state index < -0.39 is 35.4 Å². The van der Waals surface area contributed by atoms with Crippen molar-refractivity contribution in [3.63, 3.8) is 0 Å². The first-order valence-electron chi connectivity index (χ1n) is 8.79. The first-order chi connectivity index (χ1) is 14.8. The Morgan fingerprint density at radius 1 is 1.06 bits per heavy atom. The van der Waals surface area contributed by atoms with Crippen LogP contribution in [0.15, 0.2) is 59.0 Å². The summed E-state index contributed by atoms with van der Waals surface area (Å²) in [5.74, 6) is -0.746. The number of rotatable bonds is 9. The molecule has 0 spiro atoms. The molecule has 0 atom stereocenters. The van der Waals surface area contributed by atoms with E-state index in [1.807, 2.05) is 0 Å². The molecule has 2 aromatic carbocycles. The number of hydrogen-bond donors (Lipinski definition) is 1. The number of carbonyl (C=O) groups excluding carboxylic acids is 1. The maximum absolute atomic E-state index is 12.9. The number of nitro groups is 1. The van der Waals surface area contributed by atoms with Gasteiger partial charge in [-0.1, -0.05) is 0 Å². The van der Waals surface area contributed by atoms with E-state index in [0.29, 0.717) is 11.5 Å². The number of anilines is 1. The second-order valence-electron chi connectivity index (χ2n) is 6.14. The molecule has 0 aliphatic heterocycles. The molecule has 0 fully saturated rings. The predicted molar refractivity (Wildman–Crippen MR) is 102 cm³/mol. The Morgan fingerprint density at radius 3 is 2.48 bits per heavy atom. The molecule has 0 saturated carbocycles. The van der Waals surface area contributed by atoms with E-state index in [1.165, 1.54) is 42.5 Å². The van der Waals surface area contributed by atoms with Gasteiger partial charge in [0.15, 0.2) is 5.76 Å². The fourth-order valence-corrected chi connectivity index (χ4v) is 2.46. The van der Waals surface area contributed by atoms with Crippen molar-refractivity contribution >= 4 is 17.3 Å². The number of amides is 1. The molecule has 0 radical (unpaired) electrons. The van der Waals surface area contributed by atoms with Gasteiger partial charge in [0.05, 0.1) is 16.7 Å². The van der Waals surface area contributed by atoms with E-state index in [0.717, 1.165) is 12.1 Å². The zero-order valence-corrected chi connectivity index (χ0v) is 15.7. The van der Waals surface area contributed by atoms with Gasteiger partial charge in [-0.3, -0.25) is 14.9 Å². The molecule has 3 aromatic rings. The number of ether oxygens (including phenoxy) is 2. The zero-order valence-electron chi connectivity index (χ0n) is 15.7. The lowest BCUT2D eigenvalue weighted by Gasteiger charge is -2.09. The molecular weight excluding hydrogens is 421 g/mol. The van der Waals surface area contributed by atoms with Crippen LogP contribution in [-0.2, 0) is 6.61 Å². The van der Waals surface area contributed by atoms with Crippen LogP contribution in [0.25, 0.3) is 0 Å². The monoisotopic (exact) mass is 436 g/mol. The van der Waals surface area contributed by atoms with Crippen molar-refractivity contribution in [1.29, 1.82) is 0 Å². The van der Waals surface area contributed by atoms with Gasteiger partial charge in [-0.15, -0.1) is 0 Å². The number of halogens is 3. The minimum Gasteiger partial charge on any atom is -0.487 e. The lowest BCUT2D eigenvalue weighted by molar-refractivity contribution is -0.384. The van der Waals surface area contributed by atoms with Gasteiger partial charge >= 0.3 is 0 Å². The summed E-state index contributed by atoms with van der Waals surface area (Å²) in [7, 11) is 0. The summed E-state index contributed by atoms with van der Waals surface area (Å²) in [6.07, 6.45) is -2.77. The maximum atomic E-state index is 12.9. The van der Waals surface area contributed by atoms with Gasteiger partial charge < -0.3 is 19.2 Å². The third-order valence-electron chi connectivity index (χ3n) is 3.82. The standard InChI is InChI=1S/C20H15F3N2O6/c21-12-1-3-15(4-2-12)29-10-16-5-6-18(31-16)20(26)24-13-7-14(25(27)28)9-17(8-13)30-11-19(22)23/h1-9,19H,10-11H2,(H,24,26).